The summed E-state index contributed by atoms with van der Waals surface area (Å²) in [6.45, 7) is 2.32. The van der Waals surface area contributed by atoms with Gasteiger partial charge in [0, 0.05) is 5.56 Å². The van der Waals surface area contributed by atoms with Crippen molar-refractivity contribution in [2.24, 2.45) is 5.10 Å². The van der Waals surface area contributed by atoms with E-state index < -0.39 is 0 Å². The van der Waals surface area contributed by atoms with Crippen molar-refractivity contribution >= 4 is 23.4 Å². The number of anilines is 1. The summed E-state index contributed by atoms with van der Waals surface area (Å²) in [6.07, 6.45) is 1.85. The molecule has 0 saturated carbocycles. The lowest BCUT2D eigenvalue weighted by Crippen LogP contribution is -2.21. The van der Waals surface area contributed by atoms with Gasteiger partial charge in [-0.05, 0) is 36.8 Å². The number of nitrogens with zero attached hydrogens (tertiary/aromatic N) is 2. The predicted molar refractivity (Wildman–Crippen MR) is 112 cm³/mol. The molecule has 1 aliphatic rings. The standard InChI is InChI=1S/C24H20N2O2/c1-18-22(24(27)26(25-18)21-13-6-3-7-14-21)16-20-12-8-9-15-23(20)28-17-19-10-4-2-5-11-19/h2-16H,17H2,1H3/b22-16+. The number of ether oxygens (including phenoxy) is 1. The summed E-state index contributed by atoms with van der Waals surface area (Å²) < 4.78 is 6.01. The van der Waals surface area contributed by atoms with E-state index in [-0.39, 0.29) is 5.91 Å². The van der Waals surface area contributed by atoms with Crippen molar-refractivity contribution in [3.63, 3.8) is 0 Å². The molecule has 1 aliphatic heterocycles. The molecule has 0 unspecified atom stereocenters. The first-order chi connectivity index (χ1) is 13.7. The average molecular weight is 368 g/mol. The molecule has 0 fully saturated rings. The first-order valence-electron chi connectivity index (χ1n) is 9.15. The van der Waals surface area contributed by atoms with Gasteiger partial charge in [0.1, 0.15) is 12.4 Å². The minimum absolute atomic E-state index is 0.137. The fourth-order valence-electron chi connectivity index (χ4n) is 3.05. The third-order valence-corrected chi connectivity index (χ3v) is 4.52. The summed E-state index contributed by atoms with van der Waals surface area (Å²) in [7, 11) is 0. The molecule has 0 spiro atoms. The molecule has 0 atom stereocenters. The van der Waals surface area contributed by atoms with Crippen molar-refractivity contribution in [3.8, 4) is 5.75 Å². The van der Waals surface area contributed by atoms with Crippen LogP contribution in [-0.2, 0) is 11.4 Å². The number of carbonyl (C=O) groups is 1. The van der Waals surface area contributed by atoms with Crippen LogP contribution in [0.15, 0.2) is 95.6 Å². The molecule has 0 aromatic heterocycles. The number of hydrazone groups is 1. The van der Waals surface area contributed by atoms with Gasteiger partial charge >= 0.3 is 0 Å². The van der Waals surface area contributed by atoms with E-state index in [1.54, 1.807) is 0 Å². The number of rotatable bonds is 5. The van der Waals surface area contributed by atoms with Gasteiger partial charge in [-0.3, -0.25) is 4.79 Å². The zero-order chi connectivity index (χ0) is 19.3. The molecular weight excluding hydrogens is 348 g/mol. The number of carbonyl (C=O) groups excluding carboxylic acids is 1. The highest BCUT2D eigenvalue weighted by Crippen LogP contribution is 2.27. The van der Waals surface area contributed by atoms with Gasteiger partial charge < -0.3 is 4.74 Å². The SMILES string of the molecule is CC1=NN(c2ccccc2)C(=O)/C1=C/c1ccccc1OCc1ccccc1. The third-order valence-electron chi connectivity index (χ3n) is 4.52. The highest BCUT2D eigenvalue weighted by Gasteiger charge is 2.28. The molecule has 3 aromatic rings. The Balaban J connectivity index is 1.59. The molecule has 138 valence electrons. The lowest BCUT2D eigenvalue weighted by Gasteiger charge is -2.12. The molecule has 28 heavy (non-hydrogen) atoms. The molecule has 1 amide bonds. The highest BCUT2D eigenvalue weighted by molar-refractivity contribution is 6.32. The Morgan fingerprint density at radius 2 is 1.54 bits per heavy atom. The summed E-state index contributed by atoms with van der Waals surface area (Å²) in [6, 6.07) is 27.2. The monoisotopic (exact) mass is 368 g/mol. The van der Waals surface area contributed by atoms with E-state index >= 15 is 0 Å². The maximum atomic E-state index is 12.9. The van der Waals surface area contributed by atoms with Gasteiger partial charge in [-0.2, -0.15) is 10.1 Å². The van der Waals surface area contributed by atoms with Crippen LogP contribution in [0.25, 0.3) is 6.08 Å². The second kappa shape index (κ2) is 7.92. The Hall–Kier alpha value is -3.66. The predicted octanol–water partition coefficient (Wildman–Crippen LogP) is 5.07. The van der Waals surface area contributed by atoms with Gasteiger partial charge in [0.05, 0.1) is 17.0 Å². The minimum atomic E-state index is -0.137. The van der Waals surface area contributed by atoms with E-state index in [2.05, 4.69) is 5.10 Å². The molecule has 0 radical (unpaired) electrons. The number of para-hydroxylation sites is 2. The van der Waals surface area contributed by atoms with Crippen LogP contribution in [0.4, 0.5) is 5.69 Å². The fraction of sp³-hybridized carbons (Fsp3) is 0.0833. The van der Waals surface area contributed by atoms with Crippen LogP contribution in [0, 0.1) is 0 Å². The Morgan fingerprint density at radius 1 is 0.893 bits per heavy atom. The van der Waals surface area contributed by atoms with Crippen molar-refractivity contribution in [1.82, 2.24) is 0 Å². The van der Waals surface area contributed by atoms with Gasteiger partial charge in [0.25, 0.3) is 5.91 Å². The van der Waals surface area contributed by atoms with E-state index in [4.69, 9.17) is 4.74 Å². The van der Waals surface area contributed by atoms with Crippen molar-refractivity contribution in [2.75, 3.05) is 5.01 Å². The minimum Gasteiger partial charge on any atom is -0.488 e. The van der Waals surface area contributed by atoms with Crippen molar-refractivity contribution in [3.05, 3.63) is 102 Å². The van der Waals surface area contributed by atoms with E-state index in [0.717, 1.165) is 22.6 Å². The summed E-state index contributed by atoms with van der Waals surface area (Å²) in [4.78, 5) is 12.9. The summed E-state index contributed by atoms with van der Waals surface area (Å²) >= 11 is 0. The Morgan fingerprint density at radius 3 is 2.29 bits per heavy atom. The smallest absolute Gasteiger partial charge is 0.280 e. The van der Waals surface area contributed by atoms with Gasteiger partial charge in [-0.1, -0.05) is 66.7 Å². The van der Waals surface area contributed by atoms with Crippen LogP contribution in [0.3, 0.4) is 0 Å². The van der Waals surface area contributed by atoms with Crippen LogP contribution >= 0.6 is 0 Å². The quantitative estimate of drug-likeness (QED) is 0.590. The van der Waals surface area contributed by atoms with Gasteiger partial charge in [-0.25, -0.2) is 0 Å². The van der Waals surface area contributed by atoms with Crippen molar-refractivity contribution in [2.45, 2.75) is 13.5 Å². The molecular formula is C24H20N2O2. The van der Waals surface area contributed by atoms with Crippen LogP contribution in [-0.4, -0.2) is 11.6 Å². The van der Waals surface area contributed by atoms with E-state index in [1.165, 1.54) is 5.01 Å². The number of hydrogen-bond acceptors (Lipinski definition) is 3. The zero-order valence-electron chi connectivity index (χ0n) is 15.6. The normalized spacial score (nSPS) is 15.0. The lowest BCUT2D eigenvalue weighted by atomic mass is 10.1. The molecule has 3 aromatic carbocycles. The van der Waals surface area contributed by atoms with E-state index in [9.17, 15) is 4.79 Å². The topological polar surface area (TPSA) is 41.9 Å². The second-order valence-corrected chi connectivity index (χ2v) is 6.51. The summed E-state index contributed by atoms with van der Waals surface area (Å²) in [5.41, 5.74) is 3.95. The third kappa shape index (κ3) is 3.71. The molecule has 0 saturated heterocycles. The van der Waals surface area contributed by atoms with Crippen molar-refractivity contribution in [1.29, 1.82) is 0 Å². The summed E-state index contributed by atoms with van der Waals surface area (Å²) in [5, 5.41) is 5.87. The second-order valence-electron chi connectivity index (χ2n) is 6.51. The fourth-order valence-corrected chi connectivity index (χ4v) is 3.05. The first-order valence-corrected chi connectivity index (χ1v) is 9.15. The molecule has 0 bridgehead atoms. The first kappa shape index (κ1) is 17.7. The maximum absolute atomic E-state index is 12.9. The van der Waals surface area contributed by atoms with Gasteiger partial charge in [0.2, 0.25) is 0 Å². The van der Waals surface area contributed by atoms with E-state index in [0.29, 0.717) is 17.9 Å². The van der Waals surface area contributed by atoms with Crippen molar-refractivity contribution < 1.29 is 9.53 Å². The zero-order valence-corrected chi connectivity index (χ0v) is 15.6. The average Bonchev–Trinajstić information content (AvgIpc) is 3.03. The van der Waals surface area contributed by atoms with Crippen LogP contribution in [0.5, 0.6) is 5.75 Å². The molecule has 0 N–H and O–H groups in total. The molecule has 4 rings (SSSR count). The molecule has 1 heterocycles. The highest BCUT2D eigenvalue weighted by atomic mass is 16.5. The number of benzene rings is 3. The summed E-state index contributed by atoms with van der Waals surface area (Å²) in [5.74, 6) is 0.596. The van der Waals surface area contributed by atoms with E-state index in [1.807, 2.05) is 97.9 Å². The number of amides is 1. The van der Waals surface area contributed by atoms with Crippen LogP contribution in [0.2, 0.25) is 0 Å². The lowest BCUT2D eigenvalue weighted by molar-refractivity contribution is -0.114. The van der Waals surface area contributed by atoms with Gasteiger partial charge in [0.15, 0.2) is 0 Å². The molecule has 4 heteroatoms. The Bertz CT molecular complexity index is 1040. The Kier molecular flexibility index (Phi) is 5.02. The number of hydrogen-bond donors (Lipinski definition) is 0. The molecule has 0 aliphatic carbocycles. The van der Waals surface area contributed by atoms with Gasteiger partial charge in [-0.15, -0.1) is 0 Å². The molecule has 4 nitrogen and oxygen atoms in total. The largest absolute Gasteiger partial charge is 0.488 e. The van der Waals surface area contributed by atoms with Crippen LogP contribution in [0.1, 0.15) is 18.1 Å². The Labute approximate surface area is 164 Å². The maximum Gasteiger partial charge on any atom is 0.280 e. The van der Waals surface area contributed by atoms with Crippen LogP contribution < -0.4 is 9.75 Å².